The Morgan fingerprint density at radius 3 is 2.55 bits per heavy atom. The van der Waals surface area contributed by atoms with Gasteiger partial charge >= 0.3 is 5.97 Å². The summed E-state index contributed by atoms with van der Waals surface area (Å²) in [4.78, 5) is 19.2. The van der Waals surface area contributed by atoms with Gasteiger partial charge in [-0.2, -0.15) is 0 Å². The van der Waals surface area contributed by atoms with Gasteiger partial charge in [-0.15, -0.1) is 0 Å². The molecule has 0 radical (unpaired) electrons. The highest BCUT2D eigenvalue weighted by Gasteiger charge is 2.23. The maximum atomic E-state index is 12.2. The number of esters is 1. The maximum absolute atomic E-state index is 12.2. The molecule has 0 saturated heterocycles. The number of nitrogens with one attached hydrogen (secondary N) is 1. The number of ether oxygens (including phenoxy) is 2. The Hall–Kier alpha value is -1.70. The number of aryl methyl sites for hydroxylation is 2. The molecule has 1 aromatic rings. The third-order valence-electron chi connectivity index (χ3n) is 5.19. The van der Waals surface area contributed by atoms with Gasteiger partial charge in [0.25, 0.3) is 0 Å². The smallest absolute Gasteiger partial charge is 0.323 e. The molecule has 1 heterocycles. The molecule has 0 aliphatic rings. The van der Waals surface area contributed by atoms with Crippen molar-refractivity contribution in [2.24, 2.45) is 5.73 Å². The van der Waals surface area contributed by atoms with Crippen molar-refractivity contribution < 1.29 is 14.3 Å². The molecule has 0 aromatic carbocycles. The average Bonchev–Trinajstić information content (AvgIpc) is 2.72. The molecule has 1 rings (SSSR count). The van der Waals surface area contributed by atoms with E-state index in [2.05, 4.69) is 36.2 Å². The highest BCUT2D eigenvalue weighted by Crippen LogP contribution is 2.15. The Kier molecular flexibility index (Phi) is 12.0. The molecule has 0 amide bonds. The Balaban J connectivity index is 2.53. The molecule has 0 spiro atoms. The molecule has 1 unspecified atom stereocenters. The number of aromatic nitrogens is 1. The highest BCUT2D eigenvalue weighted by atomic mass is 16.6. The van der Waals surface area contributed by atoms with Crippen LogP contribution < -0.4 is 11.1 Å². The van der Waals surface area contributed by atoms with Gasteiger partial charge in [0.05, 0.1) is 6.10 Å². The fraction of sp³-hybridized carbons (Fsp3) is 0.750. The molecule has 0 bridgehead atoms. The number of methoxy groups -OCH3 is 1. The quantitative estimate of drug-likeness (QED) is 0.341. The number of nitrogens with zero attached hydrogens (tertiary/aromatic N) is 2. The van der Waals surface area contributed by atoms with E-state index in [1.807, 2.05) is 27.8 Å². The van der Waals surface area contributed by atoms with Gasteiger partial charge in [0.1, 0.15) is 17.5 Å². The summed E-state index contributed by atoms with van der Waals surface area (Å²) in [6.45, 7) is 12.2. The summed E-state index contributed by atoms with van der Waals surface area (Å²) in [5, 5.41) is 3.19. The van der Waals surface area contributed by atoms with E-state index >= 15 is 0 Å². The highest BCUT2D eigenvalue weighted by molar-refractivity contribution is 5.75. The van der Waals surface area contributed by atoms with Gasteiger partial charge in [0.15, 0.2) is 0 Å². The van der Waals surface area contributed by atoms with Crippen molar-refractivity contribution in [3.05, 3.63) is 23.4 Å². The fourth-order valence-electron chi connectivity index (χ4n) is 3.36. The van der Waals surface area contributed by atoms with Crippen LogP contribution in [0.1, 0.15) is 65.1 Å². The lowest BCUT2D eigenvalue weighted by molar-refractivity contribution is -0.156. The van der Waals surface area contributed by atoms with Gasteiger partial charge in [0.2, 0.25) is 0 Å². The first kappa shape index (κ1) is 27.3. The van der Waals surface area contributed by atoms with Gasteiger partial charge in [-0.3, -0.25) is 4.79 Å². The van der Waals surface area contributed by atoms with Gasteiger partial charge in [-0.1, -0.05) is 13.0 Å². The summed E-state index contributed by atoms with van der Waals surface area (Å²) < 4.78 is 10.8. The third kappa shape index (κ3) is 10.9. The van der Waals surface area contributed by atoms with Crippen LogP contribution in [0.15, 0.2) is 12.1 Å². The summed E-state index contributed by atoms with van der Waals surface area (Å²) in [6, 6.07) is 3.68. The van der Waals surface area contributed by atoms with Crippen molar-refractivity contribution >= 4 is 11.8 Å². The Morgan fingerprint density at radius 1 is 1.26 bits per heavy atom. The topological polar surface area (TPSA) is 89.7 Å². The molecule has 0 aliphatic heterocycles. The number of pyridine rings is 1. The van der Waals surface area contributed by atoms with Crippen LogP contribution >= 0.6 is 0 Å². The maximum Gasteiger partial charge on any atom is 0.323 e. The predicted molar refractivity (Wildman–Crippen MR) is 127 cm³/mol. The van der Waals surface area contributed by atoms with E-state index in [9.17, 15) is 4.79 Å². The molecule has 0 aliphatic carbocycles. The van der Waals surface area contributed by atoms with E-state index in [1.165, 1.54) is 5.56 Å². The molecular formula is C24H44N4O3. The zero-order chi connectivity index (χ0) is 23.4. The van der Waals surface area contributed by atoms with Gasteiger partial charge in [0, 0.05) is 32.9 Å². The Labute approximate surface area is 189 Å². The first-order valence-corrected chi connectivity index (χ1v) is 11.5. The normalized spacial score (nSPS) is 13.8. The summed E-state index contributed by atoms with van der Waals surface area (Å²) in [5.41, 5.74) is 7.91. The minimum Gasteiger partial charge on any atom is -0.459 e. The molecule has 1 aromatic heterocycles. The molecule has 178 valence electrons. The van der Waals surface area contributed by atoms with Gasteiger partial charge < -0.3 is 25.4 Å². The standard InChI is InChI=1S/C24H44N4O3/c1-8-19-12-13-20(27-22(19)26-6)11-9-10-15-28(17-18(2)30-7)16-14-21(25)23(29)31-24(3,4)5/h12-13,18,21H,8-11,14-17,25H2,1-7H3,(H,26,27)/t18-,21?/m1/s1. The minimum absolute atomic E-state index is 0.124. The molecular weight excluding hydrogens is 392 g/mol. The number of hydrogen-bond acceptors (Lipinski definition) is 7. The van der Waals surface area contributed by atoms with Crippen LogP contribution in [-0.2, 0) is 27.1 Å². The number of nitrogens with two attached hydrogens (primary N) is 1. The first-order chi connectivity index (χ1) is 14.6. The van der Waals surface area contributed by atoms with Crippen LogP contribution in [0.25, 0.3) is 0 Å². The number of hydrogen-bond donors (Lipinski definition) is 2. The molecule has 7 heteroatoms. The average molecular weight is 437 g/mol. The lowest BCUT2D eigenvalue weighted by Crippen LogP contribution is -2.41. The molecule has 7 nitrogen and oxygen atoms in total. The van der Waals surface area contributed by atoms with Gasteiger partial charge in [-0.25, -0.2) is 4.98 Å². The van der Waals surface area contributed by atoms with E-state index in [1.54, 1.807) is 7.11 Å². The van der Waals surface area contributed by atoms with Crippen molar-refractivity contribution in [1.29, 1.82) is 0 Å². The zero-order valence-corrected chi connectivity index (χ0v) is 20.7. The van der Waals surface area contributed by atoms with E-state index in [0.717, 1.165) is 56.8 Å². The molecule has 3 N–H and O–H groups in total. The largest absolute Gasteiger partial charge is 0.459 e. The molecule has 31 heavy (non-hydrogen) atoms. The second-order valence-electron chi connectivity index (χ2n) is 9.15. The zero-order valence-electron chi connectivity index (χ0n) is 20.7. The SMILES string of the molecule is CCc1ccc(CCCCN(CCC(N)C(=O)OC(C)(C)C)C[C@@H](C)OC)nc1NC. The monoisotopic (exact) mass is 436 g/mol. The van der Waals surface area contributed by atoms with Crippen LogP contribution in [0.5, 0.6) is 0 Å². The van der Waals surface area contributed by atoms with Crippen molar-refractivity contribution in [3.63, 3.8) is 0 Å². The number of rotatable bonds is 14. The van der Waals surface area contributed by atoms with Crippen molar-refractivity contribution in [1.82, 2.24) is 9.88 Å². The first-order valence-electron chi connectivity index (χ1n) is 11.5. The van der Waals surface area contributed by atoms with Gasteiger partial charge in [-0.05, 0) is 78.0 Å². The van der Waals surface area contributed by atoms with Crippen LogP contribution in [0.3, 0.4) is 0 Å². The molecule has 2 atom stereocenters. The summed E-state index contributed by atoms with van der Waals surface area (Å²) in [7, 11) is 3.64. The Morgan fingerprint density at radius 2 is 1.97 bits per heavy atom. The van der Waals surface area contributed by atoms with Crippen LogP contribution in [0, 0.1) is 0 Å². The van der Waals surface area contributed by atoms with Crippen molar-refractivity contribution in [2.45, 2.75) is 84.5 Å². The van der Waals surface area contributed by atoms with Crippen LogP contribution in [-0.4, -0.2) is 67.4 Å². The molecule has 0 fully saturated rings. The second kappa shape index (κ2) is 13.7. The van der Waals surface area contributed by atoms with Crippen LogP contribution in [0.4, 0.5) is 5.82 Å². The van der Waals surface area contributed by atoms with E-state index < -0.39 is 11.6 Å². The Bertz CT molecular complexity index is 661. The number of carbonyl (C=O) groups is 1. The fourth-order valence-corrected chi connectivity index (χ4v) is 3.36. The predicted octanol–water partition coefficient (Wildman–Crippen LogP) is 3.40. The minimum atomic E-state index is -0.610. The summed E-state index contributed by atoms with van der Waals surface area (Å²) in [6.07, 6.45) is 4.71. The molecule has 0 saturated carbocycles. The number of anilines is 1. The summed E-state index contributed by atoms with van der Waals surface area (Å²) in [5.74, 6) is 0.640. The lowest BCUT2D eigenvalue weighted by atomic mass is 10.1. The summed E-state index contributed by atoms with van der Waals surface area (Å²) >= 11 is 0. The van der Waals surface area contributed by atoms with Crippen LogP contribution in [0.2, 0.25) is 0 Å². The van der Waals surface area contributed by atoms with Crippen molar-refractivity contribution in [2.75, 3.05) is 39.1 Å². The van der Waals surface area contributed by atoms with Crippen molar-refractivity contribution in [3.8, 4) is 0 Å². The van der Waals surface area contributed by atoms with E-state index in [-0.39, 0.29) is 12.1 Å². The second-order valence-corrected chi connectivity index (χ2v) is 9.15. The number of carbonyl (C=O) groups excluding carboxylic acids is 1. The number of unbranched alkanes of at least 4 members (excludes halogenated alkanes) is 1. The van der Waals surface area contributed by atoms with E-state index in [4.69, 9.17) is 20.2 Å². The lowest BCUT2D eigenvalue weighted by Gasteiger charge is -2.27. The van der Waals surface area contributed by atoms with E-state index in [0.29, 0.717) is 6.42 Å². The third-order valence-corrected chi connectivity index (χ3v) is 5.19.